The van der Waals surface area contributed by atoms with Crippen LogP contribution in [0.1, 0.15) is 72.6 Å². The zero-order valence-electron chi connectivity index (χ0n) is 13.9. The average Bonchev–Trinajstić information content (AvgIpc) is 2.33. The van der Waals surface area contributed by atoms with Crippen molar-refractivity contribution < 1.29 is 23.9 Å². The summed E-state index contributed by atoms with van der Waals surface area (Å²) < 4.78 is 10.5. The molecule has 0 atom stereocenters. The summed E-state index contributed by atoms with van der Waals surface area (Å²) in [4.78, 5) is 35.2. The third-order valence-corrected chi connectivity index (χ3v) is 2.43. The van der Waals surface area contributed by atoms with Crippen molar-refractivity contribution in [3.63, 3.8) is 0 Å². The molecule has 0 bridgehead atoms. The number of hydrogen-bond acceptors (Lipinski definition) is 5. The highest BCUT2D eigenvalue weighted by Gasteiger charge is 2.23. The Morgan fingerprint density at radius 1 is 0.909 bits per heavy atom. The molecule has 0 radical (unpaired) electrons. The van der Waals surface area contributed by atoms with Gasteiger partial charge in [0.25, 0.3) is 0 Å². The van der Waals surface area contributed by atoms with E-state index in [2.05, 4.69) is 0 Å². The number of esters is 2. The fourth-order valence-electron chi connectivity index (χ4n) is 1.64. The molecule has 0 heterocycles. The molecule has 1 aromatic carbocycles. The second-order valence-electron chi connectivity index (χ2n) is 6.92. The van der Waals surface area contributed by atoms with Gasteiger partial charge in [0.15, 0.2) is 6.29 Å². The summed E-state index contributed by atoms with van der Waals surface area (Å²) in [5.74, 6) is -1.16. The predicted octanol–water partition coefficient (Wildman–Crippen LogP) is 3.41. The van der Waals surface area contributed by atoms with Crippen LogP contribution >= 0.6 is 0 Å². The Kier molecular flexibility index (Phi) is 5.12. The van der Waals surface area contributed by atoms with Crippen LogP contribution in [0.3, 0.4) is 0 Å². The second-order valence-corrected chi connectivity index (χ2v) is 6.92. The van der Waals surface area contributed by atoms with Crippen molar-refractivity contribution >= 4 is 18.2 Å². The number of benzene rings is 1. The van der Waals surface area contributed by atoms with E-state index < -0.39 is 23.1 Å². The van der Waals surface area contributed by atoms with Crippen molar-refractivity contribution in [3.8, 4) is 0 Å². The summed E-state index contributed by atoms with van der Waals surface area (Å²) in [6.45, 7) is 10.5. The molecule has 0 aromatic heterocycles. The Morgan fingerprint density at radius 2 is 1.41 bits per heavy atom. The van der Waals surface area contributed by atoms with E-state index in [0.717, 1.165) is 0 Å². The predicted molar refractivity (Wildman–Crippen MR) is 82.2 cm³/mol. The van der Waals surface area contributed by atoms with Gasteiger partial charge < -0.3 is 9.47 Å². The zero-order valence-corrected chi connectivity index (χ0v) is 13.9. The van der Waals surface area contributed by atoms with Gasteiger partial charge in [-0.1, -0.05) is 0 Å². The molecule has 0 aliphatic rings. The Morgan fingerprint density at radius 3 is 1.86 bits per heavy atom. The Hall–Kier alpha value is -2.17. The highest BCUT2D eigenvalue weighted by atomic mass is 16.6. The van der Waals surface area contributed by atoms with Crippen LogP contribution in [0, 0.1) is 0 Å². The van der Waals surface area contributed by atoms with Crippen molar-refractivity contribution in [2.24, 2.45) is 0 Å². The lowest BCUT2D eigenvalue weighted by molar-refractivity contribution is 0.00512. The van der Waals surface area contributed by atoms with Crippen molar-refractivity contribution in [2.75, 3.05) is 0 Å². The largest absolute Gasteiger partial charge is 0.456 e. The summed E-state index contributed by atoms with van der Waals surface area (Å²) in [7, 11) is 0. The van der Waals surface area contributed by atoms with Gasteiger partial charge in [-0.05, 0) is 59.7 Å². The van der Waals surface area contributed by atoms with Gasteiger partial charge in [0.05, 0.1) is 11.1 Å². The molecule has 5 nitrogen and oxygen atoms in total. The van der Waals surface area contributed by atoms with Crippen LogP contribution in [0.25, 0.3) is 0 Å². The molecular formula is C17H22O5. The van der Waals surface area contributed by atoms with Crippen LogP contribution in [0.15, 0.2) is 18.2 Å². The molecule has 0 saturated heterocycles. The van der Waals surface area contributed by atoms with Gasteiger partial charge in [0.1, 0.15) is 11.2 Å². The van der Waals surface area contributed by atoms with Gasteiger partial charge in [-0.25, -0.2) is 9.59 Å². The van der Waals surface area contributed by atoms with Crippen molar-refractivity contribution in [2.45, 2.75) is 52.7 Å². The van der Waals surface area contributed by atoms with Gasteiger partial charge in [-0.15, -0.1) is 0 Å². The Labute approximate surface area is 130 Å². The lowest BCUT2D eigenvalue weighted by atomic mass is 10.0. The lowest BCUT2D eigenvalue weighted by Gasteiger charge is -2.21. The van der Waals surface area contributed by atoms with Gasteiger partial charge in [0.2, 0.25) is 0 Å². The Bertz CT molecular complexity index is 588. The topological polar surface area (TPSA) is 69.7 Å². The first-order valence-electron chi connectivity index (χ1n) is 6.99. The van der Waals surface area contributed by atoms with E-state index in [9.17, 15) is 14.4 Å². The highest BCUT2D eigenvalue weighted by molar-refractivity contribution is 6.01. The molecule has 1 rings (SSSR count). The third-order valence-electron chi connectivity index (χ3n) is 2.43. The standard InChI is InChI=1S/C17H22O5/c1-16(2,3)21-14(19)11-7-8-13(12(9-11)10-18)15(20)22-17(4,5)6/h7-10H,1-6H3. The summed E-state index contributed by atoms with van der Waals surface area (Å²) >= 11 is 0. The van der Waals surface area contributed by atoms with Crippen molar-refractivity contribution in [3.05, 3.63) is 34.9 Å². The van der Waals surface area contributed by atoms with E-state index in [1.807, 2.05) is 0 Å². The third kappa shape index (κ3) is 5.31. The first-order valence-corrected chi connectivity index (χ1v) is 6.99. The minimum atomic E-state index is -0.666. The fraction of sp³-hybridized carbons (Fsp3) is 0.471. The molecule has 120 valence electrons. The summed E-state index contributed by atoms with van der Waals surface area (Å²) in [6, 6.07) is 4.18. The maximum Gasteiger partial charge on any atom is 0.339 e. The molecule has 0 aliphatic heterocycles. The summed E-state index contributed by atoms with van der Waals surface area (Å²) in [6.07, 6.45) is 0.521. The monoisotopic (exact) mass is 306 g/mol. The second kappa shape index (κ2) is 6.30. The quantitative estimate of drug-likeness (QED) is 0.632. The van der Waals surface area contributed by atoms with E-state index in [1.54, 1.807) is 41.5 Å². The minimum Gasteiger partial charge on any atom is -0.456 e. The molecule has 1 aromatic rings. The lowest BCUT2D eigenvalue weighted by Crippen LogP contribution is -2.25. The van der Waals surface area contributed by atoms with Crippen LogP contribution < -0.4 is 0 Å². The van der Waals surface area contributed by atoms with Crippen molar-refractivity contribution in [1.82, 2.24) is 0 Å². The molecule has 0 saturated carbocycles. The number of ether oxygens (including phenoxy) is 2. The van der Waals surface area contributed by atoms with Gasteiger partial charge in [0, 0.05) is 5.56 Å². The summed E-state index contributed by atoms with van der Waals surface area (Å²) in [5.41, 5.74) is -0.872. The number of aldehydes is 1. The maximum atomic E-state index is 12.1. The molecule has 5 heteroatoms. The highest BCUT2D eigenvalue weighted by Crippen LogP contribution is 2.18. The maximum absolute atomic E-state index is 12.1. The first-order chi connectivity index (χ1) is 9.93. The van der Waals surface area contributed by atoms with E-state index in [1.165, 1.54) is 18.2 Å². The van der Waals surface area contributed by atoms with Crippen LogP contribution in [0.4, 0.5) is 0 Å². The Balaban J connectivity index is 3.09. The van der Waals surface area contributed by atoms with Gasteiger partial charge in [-0.3, -0.25) is 4.79 Å². The normalized spacial score (nSPS) is 11.7. The number of carbonyl (C=O) groups is 3. The zero-order chi connectivity index (χ0) is 17.1. The number of rotatable bonds is 3. The van der Waals surface area contributed by atoms with E-state index >= 15 is 0 Å². The van der Waals surface area contributed by atoms with Crippen molar-refractivity contribution in [1.29, 1.82) is 0 Å². The van der Waals surface area contributed by atoms with E-state index in [-0.39, 0.29) is 16.7 Å². The van der Waals surface area contributed by atoms with Crippen LogP contribution in [-0.2, 0) is 9.47 Å². The molecule has 0 aliphatic carbocycles. The molecule has 22 heavy (non-hydrogen) atoms. The average molecular weight is 306 g/mol. The van der Waals surface area contributed by atoms with Gasteiger partial charge >= 0.3 is 11.9 Å². The smallest absolute Gasteiger partial charge is 0.339 e. The SMILES string of the molecule is CC(C)(C)OC(=O)c1ccc(C(=O)OC(C)(C)C)c(C=O)c1. The van der Waals surface area contributed by atoms with E-state index in [0.29, 0.717) is 6.29 Å². The first kappa shape index (κ1) is 17.9. The molecule has 0 amide bonds. The molecule has 0 N–H and O–H groups in total. The number of hydrogen-bond donors (Lipinski definition) is 0. The van der Waals surface area contributed by atoms with Gasteiger partial charge in [-0.2, -0.15) is 0 Å². The van der Waals surface area contributed by atoms with Crippen LogP contribution in [0.5, 0.6) is 0 Å². The summed E-state index contributed by atoms with van der Waals surface area (Å²) in [5, 5.41) is 0. The van der Waals surface area contributed by atoms with Crippen LogP contribution in [-0.4, -0.2) is 29.4 Å². The van der Waals surface area contributed by atoms with Crippen LogP contribution in [0.2, 0.25) is 0 Å². The van der Waals surface area contributed by atoms with E-state index in [4.69, 9.17) is 9.47 Å². The molecule has 0 spiro atoms. The molecular weight excluding hydrogens is 284 g/mol. The number of carbonyl (C=O) groups excluding carboxylic acids is 3. The molecule has 0 unspecified atom stereocenters. The fourth-order valence-corrected chi connectivity index (χ4v) is 1.64. The molecule has 0 fully saturated rings. The minimum absolute atomic E-state index is 0.0950.